The van der Waals surface area contributed by atoms with E-state index in [0.717, 1.165) is 17.1 Å². The molecule has 8 nitrogen and oxygen atoms in total. The Morgan fingerprint density at radius 2 is 1.47 bits per heavy atom. The predicted molar refractivity (Wildman–Crippen MR) is 140 cm³/mol. The molecule has 2 aromatic carbocycles. The van der Waals surface area contributed by atoms with E-state index in [1.807, 2.05) is 49.9 Å². The summed E-state index contributed by atoms with van der Waals surface area (Å²) in [6.45, 7) is 11.7. The number of carbonyl (C=O) groups is 1. The summed E-state index contributed by atoms with van der Waals surface area (Å²) in [5.74, 6) is 2.35. The van der Waals surface area contributed by atoms with E-state index < -0.39 is 0 Å². The maximum atomic E-state index is 13.4. The molecule has 190 valence electrons. The number of aromatic nitrogens is 2. The zero-order valence-electron chi connectivity index (χ0n) is 21.5. The van der Waals surface area contributed by atoms with Crippen LogP contribution in [-0.4, -0.2) is 67.0 Å². The van der Waals surface area contributed by atoms with Crippen LogP contribution in [0.15, 0.2) is 48.5 Å². The maximum absolute atomic E-state index is 13.4. The highest BCUT2D eigenvalue weighted by Crippen LogP contribution is 2.39. The summed E-state index contributed by atoms with van der Waals surface area (Å²) in [6, 6.07) is 15.7. The average molecular weight is 491 g/mol. The van der Waals surface area contributed by atoms with Gasteiger partial charge in [-0.15, -0.1) is 10.2 Å². The van der Waals surface area contributed by atoms with Gasteiger partial charge < -0.3 is 24.0 Å². The van der Waals surface area contributed by atoms with E-state index in [1.165, 1.54) is 5.56 Å². The fourth-order valence-corrected chi connectivity index (χ4v) is 4.33. The van der Waals surface area contributed by atoms with Gasteiger partial charge in [-0.3, -0.25) is 4.79 Å². The van der Waals surface area contributed by atoms with Crippen LogP contribution in [-0.2, 0) is 0 Å². The number of rotatable bonds is 9. The molecule has 1 aliphatic rings. The summed E-state index contributed by atoms with van der Waals surface area (Å²) >= 11 is 0. The third kappa shape index (κ3) is 5.53. The first kappa shape index (κ1) is 25.3. The Morgan fingerprint density at radius 1 is 0.833 bits per heavy atom. The number of amides is 1. The second-order valence-corrected chi connectivity index (χ2v) is 8.47. The zero-order valence-corrected chi connectivity index (χ0v) is 21.5. The molecule has 0 unspecified atom stereocenters. The van der Waals surface area contributed by atoms with Gasteiger partial charge in [-0.05, 0) is 57.5 Å². The Balaban J connectivity index is 1.45. The molecule has 36 heavy (non-hydrogen) atoms. The number of hydrogen-bond acceptors (Lipinski definition) is 7. The molecule has 1 saturated heterocycles. The number of hydrogen-bond donors (Lipinski definition) is 0. The standard InChI is InChI=1S/C28H34N4O4/c1-5-34-24-18-21(19-25(35-6-2)27(24)36-7-3)28(33)32-16-14-31(15-17-32)26-13-12-23(29-30-26)22-11-9-8-10-20(22)4/h8-13,18-19H,5-7,14-17H2,1-4H3. The molecule has 3 aromatic rings. The second-order valence-electron chi connectivity index (χ2n) is 8.47. The molecule has 0 radical (unpaired) electrons. The summed E-state index contributed by atoms with van der Waals surface area (Å²) in [7, 11) is 0. The number of benzene rings is 2. The summed E-state index contributed by atoms with van der Waals surface area (Å²) in [4.78, 5) is 17.4. The number of ether oxygens (including phenoxy) is 3. The summed E-state index contributed by atoms with van der Waals surface area (Å²) in [6.07, 6.45) is 0. The third-order valence-electron chi connectivity index (χ3n) is 6.12. The Bertz CT molecular complexity index is 1150. The number of piperazine rings is 1. The zero-order chi connectivity index (χ0) is 25.5. The van der Waals surface area contributed by atoms with Crippen LogP contribution in [0.4, 0.5) is 5.82 Å². The molecule has 1 amide bonds. The first-order valence-corrected chi connectivity index (χ1v) is 12.6. The van der Waals surface area contributed by atoms with Crippen LogP contribution in [0.2, 0.25) is 0 Å². The Hall–Kier alpha value is -3.81. The molecular formula is C28H34N4O4. The van der Waals surface area contributed by atoms with Crippen LogP contribution in [0.1, 0.15) is 36.7 Å². The molecule has 0 aliphatic carbocycles. The molecule has 0 N–H and O–H groups in total. The molecule has 1 aliphatic heterocycles. The second kappa shape index (κ2) is 11.7. The number of nitrogens with zero attached hydrogens (tertiary/aromatic N) is 4. The Morgan fingerprint density at radius 3 is 2.03 bits per heavy atom. The highest BCUT2D eigenvalue weighted by molar-refractivity contribution is 5.96. The smallest absolute Gasteiger partial charge is 0.254 e. The van der Waals surface area contributed by atoms with Gasteiger partial charge in [0.25, 0.3) is 5.91 Å². The van der Waals surface area contributed by atoms with Crippen molar-refractivity contribution in [3.8, 4) is 28.5 Å². The van der Waals surface area contributed by atoms with Gasteiger partial charge in [0.15, 0.2) is 17.3 Å². The molecule has 0 saturated carbocycles. The largest absolute Gasteiger partial charge is 0.490 e. The molecule has 1 aromatic heterocycles. The van der Waals surface area contributed by atoms with E-state index in [9.17, 15) is 4.79 Å². The van der Waals surface area contributed by atoms with Crippen LogP contribution in [0.25, 0.3) is 11.3 Å². The van der Waals surface area contributed by atoms with E-state index in [2.05, 4.69) is 34.2 Å². The maximum Gasteiger partial charge on any atom is 0.254 e. The van der Waals surface area contributed by atoms with E-state index in [0.29, 0.717) is 68.8 Å². The van der Waals surface area contributed by atoms with Gasteiger partial charge >= 0.3 is 0 Å². The van der Waals surface area contributed by atoms with Crippen LogP contribution in [0.5, 0.6) is 17.2 Å². The van der Waals surface area contributed by atoms with Crippen molar-refractivity contribution in [2.75, 3.05) is 50.9 Å². The van der Waals surface area contributed by atoms with Gasteiger partial charge in [0.05, 0.1) is 25.5 Å². The minimum absolute atomic E-state index is 0.0550. The van der Waals surface area contributed by atoms with Crippen molar-refractivity contribution < 1.29 is 19.0 Å². The monoisotopic (exact) mass is 490 g/mol. The van der Waals surface area contributed by atoms with Gasteiger partial charge in [0.2, 0.25) is 5.75 Å². The van der Waals surface area contributed by atoms with Gasteiger partial charge in [-0.2, -0.15) is 0 Å². The highest BCUT2D eigenvalue weighted by atomic mass is 16.5. The molecule has 0 bridgehead atoms. The fourth-order valence-electron chi connectivity index (χ4n) is 4.33. The van der Waals surface area contributed by atoms with Gasteiger partial charge in [0.1, 0.15) is 0 Å². The van der Waals surface area contributed by atoms with Crippen molar-refractivity contribution in [2.45, 2.75) is 27.7 Å². The van der Waals surface area contributed by atoms with Crippen LogP contribution < -0.4 is 19.1 Å². The summed E-state index contributed by atoms with van der Waals surface area (Å²) in [5.41, 5.74) is 3.64. The third-order valence-corrected chi connectivity index (χ3v) is 6.12. The SMILES string of the molecule is CCOc1cc(C(=O)N2CCN(c3ccc(-c4ccccc4C)nn3)CC2)cc(OCC)c1OCC. The van der Waals surface area contributed by atoms with E-state index in [1.54, 1.807) is 12.1 Å². The van der Waals surface area contributed by atoms with Crippen LogP contribution in [0, 0.1) is 6.92 Å². The quantitative estimate of drug-likeness (QED) is 0.433. The highest BCUT2D eigenvalue weighted by Gasteiger charge is 2.26. The average Bonchev–Trinajstić information content (AvgIpc) is 2.91. The fraction of sp³-hybridized carbons (Fsp3) is 0.393. The molecule has 4 rings (SSSR count). The lowest BCUT2D eigenvalue weighted by Crippen LogP contribution is -2.49. The van der Waals surface area contributed by atoms with Crippen LogP contribution >= 0.6 is 0 Å². The van der Waals surface area contributed by atoms with Gasteiger partial charge in [0, 0.05) is 37.3 Å². The number of carbonyl (C=O) groups excluding carboxylic acids is 1. The molecule has 0 spiro atoms. The normalized spacial score (nSPS) is 13.4. The van der Waals surface area contributed by atoms with Crippen molar-refractivity contribution in [1.82, 2.24) is 15.1 Å². The minimum Gasteiger partial charge on any atom is -0.490 e. The van der Waals surface area contributed by atoms with Gasteiger partial charge in [-0.25, -0.2) is 0 Å². The van der Waals surface area contributed by atoms with E-state index in [-0.39, 0.29) is 5.91 Å². The molecule has 8 heteroatoms. The predicted octanol–water partition coefficient (Wildman–Crippen LogP) is 4.61. The van der Waals surface area contributed by atoms with E-state index >= 15 is 0 Å². The van der Waals surface area contributed by atoms with Gasteiger partial charge in [-0.1, -0.05) is 24.3 Å². The lowest BCUT2D eigenvalue weighted by Gasteiger charge is -2.35. The molecule has 2 heterocycles. The van der Waals surface area contributed by atoms with Crippen molar-refractivity contribution >= 4 is 11.7 Å². The summed E-state index contributed by atoms with van der Waals surface area (Å²) < 4.78 is 17.3. The number of aryl methyl sites for hydroxylation is 1. The number of anilines is 1. The van der Waals surface area contributed by atoms with Crippen molar-refractivity contribution in [1.29, 1.82) is 0 Å². The molecular weight excluding hydrogens is 456 g/mol. The first-order valence-electron chi connectivity index (χ1n) is 12.6. The lowest BCUT2D eigenvalue weighted by atomic mass is 10.1. The topological polar surface area (TPSA) is 77.0 Å². The Labute approximate surface area is 212 Å². The lowest BCUT2D eigenvalue weighted by molar-refractivity contribution is 0.0745. The van der Waals surface area contributed by atoms with E-state index in [4.69, 9.17) is 14.2 Å². The van der Waals surface area contributed by atoms with Crippen LogP contribution in [0.3, 0.4) is 0 Å². The Kier molecular flexibility index (Phi) is 8.25. The van der Waals surface area contributed by atoms with Crippen molar-refractivity contribution in [2.24, 2.45) is 0 Å². The molecule has 1 fully saturated rings. The molecule has 0 atom stereocenters. The minimum atomic E-state index is -0.0550. The summed E-state index contributed by atoms with van der Waals surface area (Å²) in [5, 5.41) is 8.92. The van der Waals surface area contributed by atoms with Crippen molar-refractivity contribution in [3.63, 3.8) is 0 Å². The van der Waals surface area contributed by atoms with Crippen molar-refractivity contribution in [3.05, 3.63) is 59.7 Å². The first-order chi connectivity index (χ1) is 17.5.